The molecular formula is C13H20N2O4S. The number of hydrogen-bond donors (Lipinski definition) is 1. The molecule has 6 nitrogen and oxygen atoms in total. The smallest absolute Gasteiger partial charge is 0.225 e. The predicted octanol–water partition coefficient (Wildman–Crippen LogP) is -0.452. The molecule has 0 bridgehead atoms. The Morgan fingerprint density at radius 1 is 1.30 bits per heavy atom. The van der Waals surface area contributed by atoms with Crippen LogP contribution in [0.15, 0.2) is 0 Å². The van der Waals surface area contributed by atoms with Gasteiger partial charge >= 0.3 is 0 Å². The SMILES string of the molecule is O=C(NCC1CCS(=O)(=O)C1)C1CC(=O)N(C2CC2)C1. The van der Waals surface area contributed by atoms with Gasteiger partial charge in [0.2, 0.25) is 11.8 Å². The molecule has 0 aromatic carbocycles. The molecule has 0 radical (unpaired) electrons. The van der Waals surface area contributed by atoms with Crippen molar-refractivity contribution < 1.29 is 18.0 Å². The average Bonchev–Trinajstić information content (AvgIpc) is 3.06. The van der Waals surface area contributed by atoms with Crippen LogP contribution in [0, 0.1) is 11.8 Å². The molecule has 20 heavy (non-hydrogen) atoms. The Hall–Kier alpha value is -1.11. The minimum Gasteiger partial charge on any atom is -0.355 e. The number of nitrogens with one attached hydrogen (secondary N) is 1. The zero-order chi connectivity index (χ0) is 14.3. The summed E-state index contributed by atoms with van der Waals surface area (Å²) >= 11 is 0. The third kappa shape index (κ3) is 2.97. The lowest BCUT2D eigenvalue weighted by atomic mass is 10.1. The minimum atomic E-state index is -2.90. The van der Waals surface area contributed by atoms with Crippen LogP contribution in [0.3, 0.4) is 0 Å². The van der Waals surface area contributed by atoms with Gasteiger partial charge < -0.3 is 10.2 Å². The lowest BCUT2D eigenvalue weighted by Gasteiger charge is -2.16. The zero-order valence-corrected chi connectivity index (χ0v) is 12.2. The van der Waals surface area contributed by atoms with Crippen molar-refractivity contribution in [3.8, 4) is 0 Å². The first-order valence-corrected chi connectivity index (χ1v) is 9.04. The third-order valence-electron chi connectivity index (χ3n) is 4.41. The van der Waals surface area contributed by atoms with E-state index < -0.39 is 9.84 Å². The van der Waals surface area contributed by atoms with Crippen LogP contribution in [0.2, 0.25) is 0 Å². The minimum absolute atomic E-state index is 0.0283. The van der Waals surface area contributed by atoms with E-state index >= 15 is 0 Å². The van der Waals surface area contributed by atoms with E-state index in [1.54, 1.807) is 0 Å². The van der Waals surface area contributed by atoms with Crippen molar-refractivity contribution >= 4 is 21.7 Å². The highest BCUT2D eigenvalue weighted by Gasteiger charge is 2.41. The Morgan fingerprint density at radius 2 is 2.05 bits per heavy atom. The fraction of sp³-hybridized carbons (Fsp3) is 0.846. The summed E-state index contributed by atoms with van der Waals surface area (Å²) in [6.45, 7) is 0.935. The second kappa shape index (κ2) is 5.02. The highest BCUT2D eigenvalue weighted by molar-refractivity contribution is 7.91. The summed E-state index contributed by atoms with van der Waals surface area (Å²) in [5.41, 5.74) is 0. The number of carbonyl (C=O) groups excluding carboxylic acids is 2. The average molecular weight is 300 g/mol. The van der Waals surface area contributed by atoms with Crippen molar-refractivity contribution in [1.29, 1.82) is 0 Å². The zero-order valence-electron chi connectivity index (χ0n) is 11.4. The number of carbonyl (C=O) groups is 2. The summed E-state index contributed by atoms with van der Waals surface area (Å²) < 4.78 is 22.7. The molecule has 1 aliphatic carbocycles. The molecule has 2 atom stereocenters. The van der Waals surface area contributed by atoms with Crippen molar-refractivity contribution in [1.82, 2.24) is 10.2 Å². The van der Waals surface area contributed by atoms with E-state index in [0.717, 1.165) is 12.8 Å². The molecule has 2 unspecified atom stereocenters. The second-order valence-corrected chi connectivity index (χ2v) is 8.42. The molecule has 7 heteroatoms. The molecule has 0 aromatic rings. The first kappa shape index (κ1) is 13.9. The van der Waals surface area contributed by atoms with Crippen molar-refractivity contribution in [2.75, 3.05) is 24.6 Å². The first-order valence-electron chi connectivity index (χ1n) is 7.22. The van der Waals surface area contributed by atoms with Gasteiger partial charge in [0.15, 0.2) is 9.84 Å². The lowest BCUT2D eigenvalue weighted by Crippen LogP contribution is -2.36. The van der Waals surface area contributed by atoms with E-state index in [9.17, 15) is 18.0 Å². The summed E-state index contributed by atoms with van der Waals surface area (Å²) in [7, 11) is -2.90. The molecular weight excluding hydrogens is 280 g/mol. The highest BCUT2D eigenvalue weighted by atomic mass is 32.2. The predicted molar refractivity (Wildman–Crippen MR) is 72.6 cm³/mol. The second-order valence-electron chi connectivity index (χ2n) is 6.19. The van der Waals surface area contributed by atoms with Gasteiger partial charge in [0, 0.05) is 25.6 Å². The van der Waals surface area contributed by atoms with Gasteiger partial charge in [-0.15, -0.1) is 0 Å². The summed E-state index contributed by atoms with van der Waals surface area (Å²) in [5.74, 6) is 0.138. The quantitative estimate of drug-likeness (QED) is 0.762. The molecule has 2 saturated heterocycles. The molecule has 1 saturated carbocycles. The molecule has 0 aromatic heterocycles. The van der Waals surface area contributed by atoms with E-state index in [-0.39, 0.29) is 35.2 Å². The largest absolute Gasteiger partial charge is 0.355 e. The maximum atomic E-state index is 12.1. The van der Waals surface area contributed by atoms with E-state index in [4.69, 9.17) is 0 Å². The van der Waals surface area contributed by atoms with Crippen LogP contribution in [-0.2, 0) is 19.4 Å². The maximum absolute atomic E-state index is 12.1. The monoisotopic (exact) mass is 300 g/mol. The van der Waals surface area contributed by atoms with Crippen molar-refractivity contribution in [2.45, 2.75) is 31.7 Å². The Morgan fingerprint density at radius 3 is 2.65 bits per heavy atom. The molecule has 3 fully saturated rings. The molecule has 2 amide bonds. The first-order chi connectivity index (χ1) is 9.44. The van der Waals surface area contributed by atoms with Gasteiger partial charge in [0.1, 0.15) is 0 Å². The molecule has 0 spiro atoms. The van der Waals surface area contributed by atoms with Gasteiger partial charge in [0.25, 0.3) is 0 Å². The molecule has 112 valence electrons. The highest BCUT2D eigenvalue weighted by Crippen LogP contribution is 2.32. The van der Waals surface area contributed by atoms with Crippen LogP contribution in [-0.4, -0.2) is 55.8 Å². The van der Waals surface area contributed by atoms with Crippen LogP contribution < -0.4 is 5.32 Å². The van der Waals surface area contributed by atoms with Gasteiger partial charge in [-0.2, -0.15) is 0 Å². The molecule has 2 heterocycles. The molecule has 1 N–H and O–H groups in total. The number of hydrogen-bond acceptors (Lipinski definition) is 4. The van der Waals surface area contributed by atoms with Gasteiger partial charge in [-0.3, -0.25) is 9.59 Å². The van der Waals surface area contributed by atoms with Crippen LogP contribution >= 0.6 is 0 Å². The van der Waals surface area contributed by atoms with Crippen LogP contribution in [0.5, 0.6) is 0 Å². The molecule has 2 aliphatic heterocycles. The van der Waals surface area contributed by atoms with Crippen LogP contribution in [0.4, 0.5) is 0 Å². The van der Waals surface area contributed by atoms with Crippen LogP contribution in [0.1, 0.15) is 25.7 Å². The van der Waals surface area contributed by atoms with Gasteiger partial charge in [-0.1, -0.05) is 0 Å². The summed E-state index contributed by atoms with van der Waals surface area (Å²) in [6.07, 6.45) is 3.03. The van der Waals surface area contributed by atoms with Crippen molar-refractivity contribution in [3.63, 3.8) is 0 Å². The Kier molecular flexibility index (Phi) is 3.48. The van der Waals surface area contributed by atoms with Gasteiger partial charge in [0.05, 0.1) is 17.4 Å². The van der Waals surface area contributed by atoms with E-state index in [2.05, 4.69) is 5.32 Å². The number of nitrogens with zero attached hydrogens (tertiary/aromatic N) is 1. The number of amides is 2. The van der Waals surface area contributed by atoms with Crippen molar-refractivity contribution in [3.05, 3.63) is 0 Å². The standard InChI is InChI=1S/C13H20N2O4S/c16-12-5-10(7-15(12)11-1-2-11)13(17)14-6-9-3-4-20(18,19)8-9/h9-11H,1-8H2,(H,14,17). The fourth-order valence-corrected chi connectivity index (χ4v) is 4.93. The van der Waals surface area contributed by atoms with E-state index in [1.807, 2.05) is 4.90 Å². The number of likely N-dealkylation sites (tertiary alicyclic amines) is 1. The normalized spacial score (nSPS) is 32.6. The Labute approximate surface area is 118 Å². The third-order valence-corrected chi connectivity index (χ3v) is 6.25. The van der Waals surface area contributed by atoms with Crippen LogP contribution in [0.25, 0.3) is 0 Å². The lowest BCUT2D eigenvalue weighted by molar-refractivity contribution is -0.129. The summed E-state index contributed by atoms with van der Waals surface area (Å²) in [5, 5.41) is 2.82. The van der Waals surface area contributed by atoms with Gasteiger partial charge in [-0.05, 0) is 25.2 Å². The summed E-state index contributed by atoms with van der Waals surface area (Å²) in [4.78, 5) is 25.7. The van der Waals surface area contributed by atoms with E-state index in [0.29, 0.717) is 32.0 Å². The van der Waals surface area contributed by atoms with Crippen molar-refractivity contribution in [2.24, 2.45) is 11.8 Å². The Balaban J connectivity index is 1.47. The van der Waals surface area contributed by atoms with E-state index in [1.165, 1.54) is 0 Å². The number of sulfone groups is 1. The maximum Gasteiger partial charge on any atom is 0.225 e. The van der Waals surface area contributed by atoms with Gasteiger partial charge in [-0.25, -0.2) is 8.42 Å². The molecule has 3 aliphatic rings. The topological polar surface area (TPSA) is 83.5 Å². The molecule has 3 rings (SSSR count). The fourth-order valence-electron chi connectivity index (χ4n) is 3.07. The summed E-state index contributed by atoms with van der Waals surface area (Å²) in [6, 6.07) is 0.361. The Bertz CT molecular complexity index is 526. The number of rotatable bonds is 4.